The Labute approximate surface area is 185 Å². The van der Waals surface area contributed by atoms with E-state index in [1.807, 2.05) is 37.8 Å². The monoisotopic (exact) mass is 451 g/mol. The van der Waals surface area contributed by atoms with Gasteiger partial charge in [0.15, 0.2) is 9.84 Å². The summed E-state index contributed by atoms with van der Waals surface area (Å²) in [7, 11) is -3.46. The Kier molecular flexibility index (Phi) is 6.83. The SMILES string of the molecule is CC(=O)N1CCN(c2ccc(S(=O)(=O)C3CCN(C(=O)OC(C)(C)C)CC3)cc2)CC1. The Balaban J connectivity index is 1.59. The number of carbonyl (C=O) groups is 2. The molecule has 1 aromatic rings. The van der Waals surface area contributed by atoms with Gasteiger partial charge in [-0.05, 0) is 57.9 Å². The van der Waals surface area contributed by atoms with Crippen molar-refractivity contribution in [2.75, 3.05) is 44.2 Å². The van der Waals surface area contributed by atoms with Crippen molar-refractivity contribution in [1.29, 1.82) is 0 Å². The first-order valence-electron chi connectivity index (χ1n) is 10.8. The minimum atomic E-state index is -3.46. The maximum Gasteiger partial charge on any atom is 0.410 e. The number of benzene rings is 1. The van der Waals surface area contributed by atoms with E-state index in [1.54, 1.807) is 24.0 Å². The Morgan fingerprint density at radius 1 is 0.903 bits per heavy atom. The summed E-state index contributed by atoms with van der Waals surface area (Å²) in [4.78, 5) is 29.6. The van der Waals surface area contributed by atoms with E-state index in [-0.39, 0.29) is 5.91 Å². The number of sulfone groups is 1. The standard InChI is InChI=1S/C22H33N3O5S/c1-17(26)23-13-15-24(16-14-23)18-5-7-19(8-6-18)31(28,29)20-9-11-25(12-10-20)21(27)30-22(2,3)4/h5-8,20H,9-16H2,1-4H3. The molecular formula is C22H33N3O5S. The van der Waals surface area contributed by atoms with Crippen molar-refractivity contribution in [2.24, 2.45) is 0 Å². The average molecular weight is 452 g/mol. The highest BCUT2D eigenvalue weighted by Crippen LogP contribution is 2.27. The van der Waals surface area contributed by atoms with Crippen LogP contribution in [0, 0.1) is 0 Å². The molecule has 0 unspecified atom stereocenters. The van der Waals surface area contributed by atoms with E-state index in [2.05, 4.69) is 4.90 Å². The first kappa shape index (κ1) is 23.4. The predicted molar refractivity (Wildman–Crippen MR) is 119 cm³/mol. The first-order valence-corrected chi connectivity index (χ1v) is 12.3. The summed E-state index contributed by atoms with van der Waals surface area (Å²) in [6, 6.07) is 7.02. The summed E-state index contributed by atoms with van der Waals surface area (Å²) >= 11 is 0. The molecule has 2 saturated heterocycles. The van der Waals surface area contributed by atoms with E-state index in [9.17, 15) is 18.0 Å². The summed E-state index contributed by atoms with van der Waals surface area (Å²) in [5.74, 6) is 0.0822. The third kappa shape index (κ3) is 5.70. The van der Waals surface area contributed by atoms with Crippen LogP contribution in [-0.4, -0.2) is 80.3 Å². The lowest BCUT2D eigenvalue weighted by molar-refractivity contribution is -0.129. The van der Waals surface area contributed by atoms with Gasteiger partial charge in [-0.2, -0.15) is 0 Å². The Morgan fingerprint density at radius 2 is 1.45 bits per heavy atom. The van der Waals surface area contributed by atoms with Gasteiger partial charge in [-0.3, -0.25) is 4.79 Å². The smallest absolute Gasteiger partial charge is 0.410 e. The summed E-state index contributed by atoms with van der Waals surface area (Å²) in [6.45, 7) is 10.6. The Morgan fingerprint density at radius 3 is 1.94 bits per heavy atom. The van der Waals surface area contributed by atoms with E-state index in [1.165, 1.54) is 0 Å². The average Bonchev–Trinajstić information content (AvgIpc) is 2.73. The van der Waals surface area contributed by atoms with Crippen LogP contribution < -0.4 is 4.90 Å². The molecule has 2 aliphatic heterocycles. The number of nitrogens with zero attached hydrogens (tertiary/aromatic N) is 3. The molecule has 8 nitrogen and oxygen atoms in total. The van der Waals surface area contributed by atoms with Gasteiger partial charge in [0.25, 0.3) is 0 Å². The van der Waals surface area contributed by atoms with E-state index in [0.717, 1.165) is 18.8 Å². The molecule has 31 heavy (non-hydrogen) atoms. The van der Waals surface area contributed by atoms with Crippen molar-refractivity contribution >= 4 is 27.5 Å². The first-order chi connectivity index (χ1) is 14.5. The number of likely N-dealkylation sites (tertiary alicyclic amines) is 1. The van der Waals surface area contributed by atoms with Crippen LogP contribution in [0.2, 0.25) is 0 Å². The van der Waals surface area contributed by atoms with Crippen molar-refractivity contribution in [3.8, 4) is 0 Å². The number of amides is 2. The number of piperazine rings is 1. The van der Waals surface area contributed by atoms with Gasteiger partial charge in [0.2, 0.25) is 5.91 Å². The molecule has 0 N–H and O–H groups in total. The highest BCUT2D eigenvalue weighted by molar-refractivity contribution is 7.92. The molecule has 2 heterocycles. The van der Waals surface area contributed by atoms with Crippen molar-refractivity contribution in [3.63, 3.8) is 0 Å². The topological polar surface area (TPSA) is 87.2 Å². The van der Waals surface area contributed by atoms with Gasteiger partial charge in [-0.15, -0.1) is 0 Å². The van der Waals surface area contributed by atoms with Crippen molar-refractivity contribution in [2.45, 2.75) is 56.3 Å². The van der Waals surface area contributed by atoms with E-state index < -0.39 is 26.8 Å². The quantitative estimate of drug-likeness (QED) is 0.702. The zero-order chi connectivity index (χ0) is 22.8. The van der Waals surface area contributed by atoms with E-state index in [0.29, 0.717) is 43.9 Å². The molecule has 0 radical (unpaired) electrons. The fourth-order valence-electron chi connectivity index (χ4n) is 3.99. The van der Waals surface area contributed by atoms with E-state index >= 15 is 0 Å². The molecule has 0 bridgehead atoms. The molecule has 3 rings (SSSR count). The minimum absolute atomic E-state index is 0.0822. The van der Waals surface area contributed by atoms with Gasteiger partial charge >= 0.3 is 6.09 Å². The largest absolute Gasteiger partial charge is 0.444 e. The van der Waals surface area contributed by atoms with Crippen LogP contribution in [0.15, 0.2) is 29.2 Å². The van der Waals surface area contributed by atoms with Gasteiger partial charge in [0.05, 0.1) is 10.1 Å². The zero-order valence-corrected chi connectivity index (χ0v) is 19.7. The van der Waals surface area contributed by atoms with Gasteiger partial charge in [-0.25, -0.2) is 13.2 Å². The van der Waals surface area contributed by atoms with Gasteiger partial charge in [-0.1, -0.05) is 0 Å². The van der Waals surface area contributed by atoms with Crippen molar-refractivity contribution < 1.29 is 22.7 Å². The predicted octanol–water partition coefficient (Wildman–Crippen LogP) is 2.53. The fraction of sp³-hybridized carbons (Fsp3) is 0.636. The fourth-order valence-corrected chi connectivity index (χ4v) is 5.73. The second kappa shape index (κ2) is 9.06. The molecule has 0 aliphatic carbocycles. The third-order valence-electron chi connectivity index (χ3n) is 5.79. The van der Waals surface area contributed by atoms with Crippen LogP contribution in [0.5, 0.6) is 0 Å². The lowest BCUT2D eigenvalue weighted by atomic mass is 10.1. The van der Waals surface area contributed by atoms with Gasteiger partial charge in [0, 0.05) is 51.9 Å². The van der Waals surface area contributed by atoms with Gasteiger partial charge in [0.1, 0.15) is 5.60 Å². The zero-order valence-electron chi connectivity index (χ0n) is 18.8. The molecule has 0 saturated carbocycles. The number of hydrogen-bond donors (Lipinski definition) is 0. The van der Waals surface area contributed by atoms with Crippen LogP contribution in [0.4, 0.5) is 10.5 Å². The van der Waals surface area contributed by atoms with Crippen molar-refractivity contribution in [1.82, 2.24) is 9.80 Å². The van der Waals surface area contributed by atoms with Gasteiger partial charge < -0.3 is 19.4 Å². The Hall–Kier alpha value is -2.29. The van der Waals surface area contributed by atoms with Crippen LogP contribution in [-0.2, 0) is 19.4 Å². The molecule has 172 valence electrons. The molecule has 2 aliphatic rings. The number of anilines is 1. The maximum atomic E-state index is 13.1. The highest BCUT2D eigenvalue weighted by atomic mass is 32.2. The lowest BCUT2D eigenvalue weighted by Crippen LogP contribution is -2.48. The molecule has 2 fully saturated rings. The number of rotatable bonds is 3. The molecule has 0 aromatic heterocycles. The number of carbonyl (C=O) groups excluding carboxylic acids is 2. The number of hydrogen-bond acceptors (Lipinski definition) is 6. The van der Waals surface area contributed by atoms with Crippen LogP contribution in [0.1, 0.15) is 40.5 Å². The second-order valence-electron chi connectivity index (χ2n) is 9.20. The minimum Gasteiger partial charge on any atom is -0.444 e. The number of ether oxygens (including phenoxy) is 1. The third-order valence-corrected chi connectivity index (χ3v) is 8.07. The van der Waals surface area contributed by atoms with Crippen LogP contribution >= 0.6 is 0 Å². The van der Waals surface area contributed by atoms with Crippen LogP contribution in [0.25, 0.3) is 0 Å². The molecule has 2 amide bonds. The normalized spacial score (nSPS) is 18.8. The van der Waals surface area contributed by atoms with Crippen molar-refractivity contribution in [3.05, 3.63) is 24.3 Å². The summed E-state index contributed by atoms with van der Waals surface area (Å²) in [5.41, 5.74) is 0.391. The second-order valence-corrected chi connectivity index (χ2v) is 11.4. The van der Waals surface area contributed by atoms with E-state index in [4.69, 9.17) is 4.74 Å². The lowest BCUT2D eigenvalue weighted by Gasteiger charge is -2.35. The summed E-state index contributed by atoms with van der Waals surface area (Å²) in [6.07, 6.45) is 0.407. The molecule has 0 spiro atoms. The molecule has 1 aromatic carbocycles. The summed E-state index contributed by atoms with van der Waals surface area (Å²) in [5, 5.41) is -0.504. The molecule has 0 atom stereocenters. The summed E-state index contributed by atoms with van der Waals surface area (Å²) < 4.78 is 31.6. The number of piperidine rings is 1. The molecule has 9 heteroatoms. The Bertz CT molecular complexity index is 892. The maximum absolute atomic E-state index is 13.1. The highest BCUT2D eigenvalue weighted by Gasteiger charge is 2.34. The van der Waals surface area contributed by atoms with Crippen LogP contribution in [0.3, 0.4) is 0 Å². The molecular weight excluding hydrogens is 418 g/mol.